The quantitative estimate of drug-likeness (QED) is 0.369. The van der Waals surface area contributed by atoms with E-state index < -0.39 is 5.92 Å². The highest BCUT2D eigenvalue weighted by molar-refractivity contribution is 8.00. The van der Waals surface area contributed by atoms with E-state index in [4.69, 9.17) is 19.9 Å². The molecule has 200 valence electrons. The first-order valence-electron chi connectivity index (χ1n) is 12.3. The maximum absolute atomic E-state index is 13.5. The van der Waals surface area contributed by atoms with Crippen LogP contribution in [0.2, 0.25) is 0 Å². The summed E-state index contributed by atoms with van der Waals surface area (Å²) in [7, 11) is 4.60. The normalized spacial score (nSPS) is 17.1. The van der Waals surface area contributed by atoms with Gasteiger partial charge in [0.1, 0.15) is 11.6 Å². The van der Waals surface area contributed by atoms with E-state index in [0.29, 0.717) is 52.8 Å². The average molecular weight is 562 g/mol. The Morgan fingerprint density at radius 2 is 1.79 bits per heavy atom. The molecule has 2 N–H and O–H groups in total. The predicted octanol–water partition coefficient (Wildman–Crippen LogP) is 5.16. The maximum Gasteiger partial charge on any atom is 0.219 e. The number of anilines is 1. The Labute approximate surface area is 234 Å². The van der Waals surface area contributed by atoms with Gasteiger partial charge in [0.15, 0.2) is 21.6 Å². The van der Waals surface area contributed by atoms with Crippen LogP contribution in [0.5, 0.6) is 17.2 Å². The van der Waals surface area contributed by atoms with Crippen molar-refractivity contribution in [2.75, 3.05) is 26.2 Å². The van der Waals surface area contributed by atoms with Gasteiger partial charge in [-0.1, -0.05) is 53.4 Å². The fourth-order valence-corrected chi connectivity index (χ4v) is 6.80. The Bertz CT molecular complexity index is 1510. The molecular formula is C28H27N5O4S2. The summed E-state index contributed by atoms with van der Waals surface area (Å²) in [4.78, 5) is 15.2. The smallest absolute Gasteiger partial charge is 0.219 e. The minimum Gasteiger partial charge on any atom is -0.496 e. The zero-order chi connectivity index (χ0) is 27.5. The molecule has 1 aliphatic heterocycles. The summed E-state index contributed by atoms with van der Waals surface area (Å²) in [6.07, 6.45) is 1.66. The third-order valence-corrected chi connectivity index (χ3v) is 8.87. The third kappa shape index (κ3) is 4.93. The van der Waals surface area contributed by atoms with Crippen LogP contribution >= 0.6 is 23.1 Å². The van der Waals surface area contributed by atoms with E-state index in [1.165, 1.54) is 38.2 Å². The minimum atomic E-state index is -0.719. The molecule has 9 nitrogen and oxygen atoms in total. The van der Waals surface area contributed by atoms with Gasteiger partial charge in [0, 0.05) is 35.1 Å². The molecule has 0 bridgehead atoms. The number of rotatable bonds is 8. The summed E-state index contributed by atoms with van der Waals surface area (Å²) in [5, 5.41) is 19.7. The van der Waals surface area contributed by atoms with Crippen LogP contribution in [-0.2, 0) is 10.5 Å². The van der Waals surface area contributed by atoms with Crippen molar-refractivity contribution in [3.05, 3.63) is 76.3 Å². The average Bonchev–Trinajstić information content (AvgIpc) is 3.43. The first kappa shape index (κ1) is 26.6. The van der Waals surface area contributed by atoms with E-state index in [9.17, 15) is 10.1 Å². The Balaban J connectivity index is 1.60. The summed E-state index contributed by atoms with van der Waals surface area (Å²) in [5.74, 6) is 1.62. The van der Waals surface area contributed by atoms with Crippen LogP contribution in [0, 0.1) is 11.3 Å². The van der Waals surface area contributed by atoms with E-state index in [-0.39, 0.29) is 17.2 Å². The van der Waals surface area contributed by atoms with E-state index >= 15 is 0 Å². The highest BCUT2D eigenvalue weighted by Gasteiger charge is 2.42. The van der Waals surface area contributed by atoms with Gasteiger partial charge in [-0.2, -0.15) is 5.26 Å². The van der Waals surface area contributed by atoms with E-state index in [1.54, 1.807) is 28.8 Å². The molecule has 1 atom stereocenters. The summed E-state index contributed by atoms with van der Waals surface area (Å²) in [6.45, 7) is 0. The second-order valence-electron chi connectivity index (χ2n) is 8.89. The molecule has 3 aromatic rings. The van der Waals surface area contributed by atoms with Gasteiger partial charge in [-0.3, -0.25) is 9.69 Å². The van der Waals surface area contributed by atoms with Gasteiger partial charge < -0.3 is 19.9 Å². The second-order valence-corrected chi connectivity index (χ2v) is 11.1. The first-order valence-corrected chi connectivity index (χ1v) is 14.1. The molecule has 2 heterocycles. The monoisotopic (exact) mass is 561 g/mol. The molecule has 39 heavy (non-hydrogen) atoms. The maximum atomic E-state index is 13.5. The molecule has 0 radical (unpaired) electrons. The fraction of sp³-hybridized carbons (Fsp3) is 0.286. The minimum absolute atomic E-state index is 0.0356. The molecule has 0 fully saturated rings. The van der Waals surface area contributed by atoms with Crippen LogP contribution in [-0.4, -0.2) is 37.3 Å². The van der Waals surface area contributed by atoms with Crippen molar-refractivity contribution in [3.8, 4) is 23.3 Å². The molecule has 0 amide bonds. The predicted molar refractivity (Wildman–Crippen MR) is 150 cm³/mol. The van der Waals surface area contributed by atoms with Crippen molar-refractivity contribution < 1.29 is 19.0 Å². The number of ketones is 1. The molecular weight excluding hydrogens is 534 g/mol. The SMILES string of the molecule is COc1cc(OC)c(C2C(C#N)=C(N)N(c3nnc(SCc4ccccc4)s3)C3=C2C(=O)CCC3)cc1OC. The lowest BCUT2D eigenvalue weighted by Crippen LogP contribution is -2.38. The second kappa shape index (κ2) is 11.4. The summed E-state index contributed by atoms with van der Waals surface area (Å²) >= 11 is 2.96. The number of nitrogens with two attached hydrogens (primary N) is 1. The number of thioether (sulfide) groups is 1. The van der Waals surface area contributed by atoms with Crippen LogP contribution in [0.1, 0.15) is 36.3 Å². The van der Waals surface area contributed by atoms with Crippen LogP contribution in [0.25, 0.3) is 0 Å². The van der Waals surface area contributed by atoms with Crippen LogP contribution < -0.4 is 24.8 Å². The number of hydrogen-bond donors (Lipinski definition) is 1. The lowest BCUT2D eigenvalue weighted by Gasteiger charge is -2.38. The topological polar surface area (TPSA) is 124 Å². The Morgan fingerprint density at radius 1 is 1.08 bits per heavy atom. The van der Waals surface area contributed by atoms with Gasteiger partial charge in [0.05, 0.1) is 38.9 Å². The first-order chi connectivity index (χ1) is 19.0. The van der Waals surface area contributed by atoms with Crippen molar-refractivity contribution >= 4 is 34.0 Å². The van der Waals surface area contributed by atoms with Gasteiger partial charge in [-0.15, -0.1) is 10.2 Å². The number of carbonyl (C=O) groups is 1. The number of Topliss-reactive ketones (excluding diaryl/α,β-unsaturated/α-hetero) is 1. The van der Waals surface area contributed by atoms with Crippen LogP contribution in [0.3, 0.4) is 0 Å². The number of nitriles is 1. The highest BCUT2D eigenvalue weighted by atomic mass is 32.2. The number of methoxy groups -OCH3 is 3. The number of aromatic nitrogens is 2. The fourth-order valence-electron chi connectivity index (χ4n) is 4.96. The van der Waals surface area contributed by atoms with Crippen molar-refractivity contribution in [2.45, 2.75) is 35.3 Å². The number of benzene rings is 2. The lowest BCUT2D eigenvalue weighted by atomic mass is 9.75. The summed E-state index contributed by atoms with van der Waals surface area (Å²) in [5.41, 5.74) is 9.99. The molecule has 0 spiro atoms. The van der Waals surface area contributed by atoms with Crippen LogP contribution in [0.15, 0.2) is 69.5 Å². The number of allylic oxidation sites excluding steroid dienone is 3. The van der Waals surface area contributed by atoms with Crippen molar-refractivity contribution in [1.82, 2.24) is 10.2 Å². The van der Waals surface area contributed by atoms with Gasteiger partial charge in [-0.25, -0.2) is 0 Å². The van der Waals surface area contributed by atoms with E-state index in [0.717, 1.165) is 15.8 Å². The Kier molecular flexibility index (Phi) is 7.77. The van der Waals surface area contributed by atoms with E-state index in [1.807, 2.05) is 18.2 Å². The van der Waals surface area contributed by atoms with Gasteiger partial charge in [0.2, 0.25) is 5.13 Å². The molecule has 1 aliphatic carbocycles. The van der Waals surface area contributed by atoms with E-state index in [2.05, 4.69) is 28.4 Å². The van der Waals surface area contributed by atoms with Gasteiger partial charge in [-0.05, 0) is 24.5 Å². The standard InChI is InChI=1S/C28H27N5O4S2/c1-35-21-13-23(37-3)22(36-2)12-17(21)24-18(14-29)26(30)33(19-10-7-11-20(34)25(19)24)27-31-32-28(39-27)38-15-16-8-5-4-6-9-16/h4-6,8-9,12-13,24H,7,10-11,15,30H2,1-3H3. The number of hydrogen-bond acceptors (Lipinski definition) is 11. The van der Waals surface area contributed by atoms with Crippen molar-refractivity contribution in [2.24, 2.45) is 5.73 Å². The number of nitrogens with zero attached hydrogens (tertiary/aromatic N) is 4. The molecule has 1 aromatic heterocycles. The van der Waals surface area contributed by atoms with Gasteiger partial charge in [0.25, 0.3) is 0 Å². The highest BCUT2D eigenvalue weighted by Crippen LogP contribution is 2.50. The number of ether oxygens (including phenoxy) is 3. The molecule has 11 heteroatoms. The van der Waals surface area contributed by atoms with Crippen LogP contribution in [0.4, 0.5) is 5.13 Å². The molecule has 5 rings (SSSR count). The largest absolute Gasteiger partial charge is 0.496 e. The zero-order valence-electron chi connectivity index (χ0n) is 21.8. The molecule has 1 unspecified atom stereocenters. The summed E-state index contributed by atoms with van der Waals surface area (Å²) < 4.78 is 17.4. The van der Waals surface area contributed by atoms with Crippen molar-refractivity contribution in [1.29, 1.82) is 5.26 Å². The molecule has 0 saturated heterocycles. The molecule has 0 saturated carbocycles. The van der Waals surface area contributed by atoms with Crippen molar-refractivity contribution in [3.63, 3.8) is 0 Å². The lowest BCUT2D eigenvalue weighted by molar-refractivity contribution is -0.116. The third-order valence-electron chi connectivity index (χ3n) is 6.75. The number of carbonyl (C=O) groups excluding carboxylic acids is 1. The van der Waals surface area contributed by atoms with Gasteiger partial charge >= 0.3 is 0 Å². The molecule has 2 aliphatic rings. The Hall–Kier alpha value is -4.01. The summed E-state index contributed by atoms with van der Waals surface area (Å²) in [6, 6.07) is 15.8. The zero-order valence-corrected chi connectivity index (χ0v) is 23.4. The molecule has 2 aromatic carbocycles. The Morgan fingerprint density at radius 3 is 2.49 bits per heavy atom.